The highest BCUT2D eigenvalue weighted by Crippen LogP contribution is 1.97. The number of rotatable bonds is 9. The molecule has 0 aromatic heterocycles. The summed E-state index contributed by atoms with van der Waals surface area (Å²) in [6.45, 7) is 5.76. The average molecular weight is 238 g/mol. The van der Waals surface area contributed by atoms with E-state index in [0.29, 0.717) is 32.7 Å². The van der Waals surface area contributed by atoms with Gasteiger partial charge in [-0.2, -0.15) is 0 Å². The van der Waals surface area contributed by atoms with Crippen LogP contribution in [0, 0.1) is 5.92 Å². The molecule has 0 amide bonds. The minimum absolute atomic E-state index is 0.149. The lowest BCUT2D eigenvalue weighted by Gasteiger charge is -2.08. The van der Waals surface area contributed by atoms with Crippen molar-refractivity contribution < 1.29 is 13.2 Å². The molecule has 0 radical (unpaired) electrons. The molecule has 0 heterocycles. The molecule has 0 saturated heterocycles. The van der Waals surface area contributed by atoms with Gasteiger partial charge in [0.1, 0.15) is 0 Å². The van der Waals surface area contributed by atoms with Crippen LogP contribution in [0.15, 0.2) is 0 Å². The quantitative estimate of drug-likeness (QED) is 0.551. The highest BCUT2D eigenvalue weighted by atomic mass is 32.2. The Bertz CT molecular complexity index is 240. The van der Waals surface area contributed by atoms with Crippen molar-refractivity contribution >= 4 is 10.0 Å². The lowest BCUT2D eigenvalue weighted by atomic mass is 10.3. The zero-order valence-electron chi connectivity index (χ0n) is 9.53. The first-order chi connectivity index (χ1) is 6.98. The van der Waals surface area contributed by atoms with Gasteiger partial charge in [0.05, 0.1) is 12.4 Å². The normalized spacial score (nSPS) is 12.3. The van der Waals surface area contributed by atoms with E-state index >= 15 is 0 Å². The summed E-state index contributed by atoms with van der Waals surface area (Å²) in [6, 6.07) is 0. The molecule has 0 fully saturated rings. The van der Waals surface area contributed by atoms with Crippen molar-refractivity contribution in [2.45, 2.75) is 20.3 Å². The third-order valence-electron chi connectivity index (χ3n) is 1.60. The molecule has 0 bridgehead atoms. The Morgan fingerprint density at radius 3 is 2.53 bits per heavy atom. The molecule has 0 aliphatic heterocycles. The molecule has 92 valence electrons. The number of hydrogen-bond donors (Lipinski definition) is 2. The van der Waals surface area contributed by atoms with Gasteiger partial charge in [0.25, 0.3) is 0 Å². The summed E-state index contributed by atoms with van der Waals surface area (Å²) in [5.74, 6) is 0.326. The van der Waals surface area contributed by atoms with Gasteiger partial charge < -0.3 is 10.5 Å². The first-order valence-electron chi connectivity index (χ1n) is 5.23. The zero-order valence-corrected chi connectivity index (χ0v) is 10.3. The van der Waals surface area contributed by atoms with Crippen LogP contribution in [0.3, 0.4) is 0 Å². The highest BCUT2D eigenvalue weighted by Gasteiger charge is 2.11. The van der Waals surface area contributed by atoms with Gasteiger partial charge in [0, 0.05) is 19.7 Å². The fraction of sp³-hybridized carbons (Fsp3) is 1.00. The number of ether oxygens (including phenoxy) is 1. The van der Waals surface area contributed by atoms with Crippen LogP contribution < -0.4 is 10.5 Å². The molecule has 6 heteroatoms. The van der Waals surface area contributed by atoms with Crippen LogP contribution in [0.25, 0.3) is 0 Å². The molecule has 0 aliphatic rings. The second-order valence-corrected chi connectivity index (χ2v) is 5.68. The minimum Gasteiger partial charge on any atom is -0.380 e. The van der Waals surface area contributed by atoms with Gasteiger partial charge in [0.2, 0.25) is 10.0 Å². The molecular formula is C9H22N2O3S. The van der Waals surface area contributed by atoms with Crippen LogP contribution in [0.1, 0.15) is 20.3 Å². The Morgan fingerprint density at radius 1 is 1.33 bits per heavy atom. The standard InChI is InChI=1S/C9H22N2O3S/c1-9(2)8-15(12,13)11-5-3-6-14-7-4-10/h9,11H,3-8,10H2,1-2H3. The van der Waals surface area contributed by atoms with Crippen LogP contribution in [0.5, 0.6) is 0 Å². The molecule has 15 heavy (non-hydrogen) atoms. The van der Waals surface area contributed by atoms with E-state index in [4.69, 9.17) is 10.5 Å². The summed E-state index contributed by atoms with van der Waals surface area (Å²) in [7, 11) is -3.10. The van der Waals surface area contributed by atoms with Crippen molar-refractivity contribution in [1.29, 1.82) is 0 Å². The minimum atomic E-state index is -3.10. The van der Waals surface area contributed by atoms with E-state index in [1.54, 1.807) is 0 Å². The van der Waals surface area contributed by atoms with Crippen molar-refractivity contribution in [2.24, 2.45) is 11.7 Å². The van der Waals surface area contributed by atoms with E-state index in [-0.39, 0.29) is 11.7 Å². The first-order valence-corrected chi connectivity index (χ1v) is 6.88. The summed E-state index contributed by atoms with van der Waals surface area (Å²) in [5.41, 5.74) is 5.23. The Hall–Kier alpha value is -0.170. The summed E-state index contributed by atoms with van der Waals surface area (Å²) in [4.78, 5) is 0. The van der Waals surface area contributed by atoms with Crippen molar-refractivity contribution in [1.82, 2.24) is 4.72 Å². The summed E-state index contributed by atoms with van der Waals surface area (Å²) >= 11 is 0. The zero-order chi connectivity index (χ0) is 11.7. The van der Waals surface area contributed by atoms with Crippen molar-refractivity contribution in [2.75, 3.05) is 32.1 Å². The van der Waals surface area contributed by atoms with Gasteiger partial charge >= 0.3 is 0 Å². The molecular weight excluding hydrogens is 216 g/mol. The van der Waals surface area contributed by atoms with E-state index in [1.165, 1.54) is 0 Å². The summed E-state index contributed by atoms with van der Waals surface area (Å²) in [6.07, 6.45) is 0.678. The van der Waals surface area contributed by atoms with Gasteiger partial charge in [0.15, 0.2) is 0 Å². The molecule has 0 unspecified atom stereocenters. The molecule has 0 aromatic carbocycles. The van der Waals surface area contributed by atoms with Crippen molar-refractivity contribution in [3.63, 3.8) is 0 Å². The molecule has 0 spiro atoms. The van der Waals surface area contributed by atoms with Gasteiger partial charge in [-0.1, -0.05) is 13.8 Å². The number of sulfonamides is 1. The van der Waals surface area contributed by atoms with Gasteiger partial charge in [-0.15, -0.1) is 0 Å². The van der Waals surface area contributed by atoms with E-state index in [1.807, 2.05) is 13.8 Å². The third-order valence-corrected chi connectivity index (χ3v) is 3.35. The lowest BCUT2D eigenvalue weighted by molar-refractivity contribution is 0.140. The van der Waals surface area contributed by atoms with Crippen molar-refractivity contribution in [3.05, 3.63) is 0 Å². The maximum Gasteiger partial charge on any atom is 0.211 e. The SMILES string of the molecule is CC(C)CS(=O)(=O)NCCCOCCN. The monoisotopic (exact) mass is 238 g/mol. The first kappa shape index (κ1) is 14.8. The Labute approximate surface area is 92.4 Å². The van der Waals surface area contributed by atoms with Crippen LogP contribution in [0.2, 0.25) is 0 Å². The van der Waals surface area contributed by atoms with E-state index in [2.05, 4.69) is 4.72 Å². The number of nitrogens with two attached hydrogens (primary N) is 1. The van der Waals surface area contributed by atoms with Crippen LogP contribution in [-0.4, -0.2) is 40.5 Å². The predicted octanol–water partition coefficient (Wildman–Crippen LogP) is -0.0728. The molecule has 0 aromatic rings. The highest BCUT2D eigenvalue weighted by molar-refractivity contribution is 7.89. The average Bonchev–Trinajstić information content (AvgIpc) is 2.08. The molecule has 0 rings (SSSR count). The summed E-state index contributed by atoms with van der Waals surface area (Å²) in [5, 5.41) is 0. The Balaban J connectivity index is 3.50. The van der Waals surface area contributed by atoms with E-state index < -0.39 is 10.0 Å². The fourth-order valence-electron chi connectivity index (χ4n) is 1.09. The predicted molar refractivity (Wildman–Crippen MR) is 61.1 cm³/mol. The molecule has 0 saturated carbocycles. The Morgan fingerprint density at radius 2 is 2.00 bits per heavy atom. The second kappa shape index (κ2) is 8.04. The number of hydrogen-bond acceptors (Lipinski definition) is 4. The van der Waals surface area contributed by atoms with Gasteiger partial charge in [-0.05, 0) is 12.3 Å². The van der Waals surface area contributed by atoms with Gasteiger partial charge in [-0.25, -0.2) is 13.1 Å². The van der Waals surface area contributed by atoms with Gasteiger partial charge in [-0.3, -0.25) is 0 Å². The topological polar surface area (TPSA) is 81.4 Å². The van der Waals surface area contributed by atoms with E-state index in [0.717, 1.165) is 0 Å². The molecule has 0 atom stereocenters. The number of nitrogens with one attached hydrogen (secondary N) is 1. The second-order valence-electron chi connectivity index (χ2n) is 3.82. The van der Waals surface area contributed by atoms with E-state index in [9.17, 15) is 8.42 Å². The smallest absolute Gasteiger partial charge is 0.211 e. The van der Waals surface area contributed by atoms with Crippen LogP contribution in [0.4, 0.5) is 0 Å². The Kier molecular flexibility index (Phi) is 7.95. The van der Waals surface area contributed by atoms with Crippen molar-refractivity contribution in [3.8, 4) is 0 Å². The van der Waals surface area contributed by atoms with Crippen LogP contribution in [-0.2, 0) is 14.8 Å². The maximum absolute atomic E-state index is 11.4. The third kappa shape index (κ3) is 10.1. The molecule has 3 N–H and O–H groups in total. The van der Waals surface area contributed by atoms with Crippen LogP contribution >= 0.6 is 0 Å². The fourth-order valence-corrected chi connectivity index (χ4v) is 2.54. The molecule has 0 aliphatic carbocycles. The maximum atomic E-state index is 11.4. The lowest BCUT2D eigenvalue weighted by Crippen LogP contribution is -2.30. The summed E-state index contributed by atoms with van der Waals surface area (Å²) < 4.78 is 30.4. The molecule has 5 nitrogen and oxygen atoms in total. The largest absolute Gasteiger partial charge is 0.380 e.